The van der Waals surface area contributed by atoms with Crippen molar-refractivity contribution in [2.75, 3.05) is 0 Å². The van der Waals surface area contributed by atoms with E-state index in [-0.39, 0.29) is 2.85 Å². The summed E-state index contributed by atoms with van der Waals surface area (Å²) in [6.45, 7) is 0. The fourth-order valence-electron chi connectivity index (χ4n) is 1.47. The minimum atomic E-state index is -0.492. The van der Waals surface area contributed by atoms with Crippen LogP contribution in [0, 0.1) is 0 Å². The number of nitrogens with zero attached hydrogens (tertiary/aromatic N) is 1. The highest BCUT2D eigenvalue weighted by atomic mass is 16.5. The number of aryl methyl sites for hydroxylation is 1. The number of fused-ring (bicyclic) bond motifs is 1. The van der Waals surface area contributed by atoms with Crippen LogP contribution in [0.3, 0.4) is 0 Å². The van der Waals surface area contributed by atoms with Crippen LogP contribution in [0.5, 0.6) is 0 Å². The van der Waals surface area contributed by atoms with Gasteiger partial charge < -0.3 is 4.57 Å². The average Bonchev–Trinajstić information content (AvgIpc) is 2.59. The number of hydrogen-bond acceptors (Lipinski definition) is 2. The van der Waals surface area contributed by atoms with Gasteiger partial charge in [-0.1, -0.05) is 6.07 Å². The van der Waals surface area contributed by atoms with E-state index >= 15 is 0 Å². The number of aromatic nitrogens is 1. The molecule has 14 heavy (non-hydrogen) atoms. The topological polar surface area (TPSA) is 54.3 Å². The van der Waals surface area contributed by atoms with Gasteiger partial charge in [-0.2, -0.15) is 0 Å². The highest BCUT2D eigenvalue weighted by Gasteiger charge is 2.05. The molecule has 0 aliphatic rings. The lowest BCUT2D eigenvalue weighted by Crippen LogP contribution is -2.18. The molecule has 0 spiro atoms. The zero-order valence-corrected chi connectivity index (χ0v) is 7.69. The molecule has 2 N–H and O–H groups in total. The van der Waals surface area contributed by atoms with Gasteiger partial charge in [0.15, 0.2) is 0 Å². The Bertz CT molecular complexity index is 497. The molecule has 1 heterocycles. The van der Waals surface area contributed by atoms with Gasteiger partial charge in [-0.05, 0) is 23.6 Å². The fraction of sp³-hybridized carbons (Fsp3) is 0.100. The van der Waals surface area contributed by atoms with Crippen molar-refractivity contribution in [3.05, 3.63) is 36.0 Å². The van der Waals surface area contributed by atoms with Crippen molar-refractivity contribution in [2.24, 2.45) is 7.05 Å². The Hall–Kier alpha value is -1.81. The number of hydrogen-bond donors (Lipinski definition) is 2. The Morgan fingerprint density at radius 3 is 3.00 bits per heavy atom. The van der Waals surface area contributed by atoms with E-state index in [1.807, 2.05) is 29.9 Å². The van der Waals surface area contributed by atoms with E-state index in [1.165, 1.54) is 0 Å². The number of rotatable bonds is 1. The zero-order valence-electron chi connectivity index (χ0n) is 7.69. The summed E-state index contributed by atoms with van der Waals surface area (Å²) >= 11 is 0. The quantitative estimate of drug-likeness (QED) is 0.537. The summed E-state index contributed by atoms with van der Waals surface area (Å²) < 4.78 is 1.92. The molecule has 1 aromatic carbocycles. The minimum Gasteiger partial charge on any atom is -0.351 e. The summed E-state index contributed by atoms with van der Waals surface area (Å²) in [5.74, 6) is -0.492. The first-order valence-electron chi connectivity index (χ1n) is 4.22. The van der Waals surface area contributed by atoms with Crippen LogP contribution in [0.15, 0.2) is 30.5 Å². The monoisotopic (exact) mass is 194 g/mol. The Labute approximate surface area is 83.7 Å². The molecule has 1 amide bonds. The molecule has 0 fully saturated rings. The SMILES string of the molecule is Cn1ccc2ccc(C(=O)NO)cc21.[HH].[HH]. The molecule has 0 saturated carbocycles. The lowest BCUT2D eigenvalue weighted by Gasteiger charge is -2.00. The van der Waals surface area contributed by atoms with Crippen LogP contribution in [0.25, 0.3) is 10.9 Å². The Morgan fingerprint density at radius 1 is 1.50 bits per heavy atom. The van der Waals surface area contributed by atoms with Crippen LogP contribution >= 0.6 is 0 Å². The maximum Gasteiger partial charge on any atom is 0.274 e. The van der Waals surface area contributed by atoms with Gasteiger partial charge in [0.2, 0.25) is 0 Å². The summed E-state index contributed by atoms with van der Waals surface area (Å²) in [6, 6.07) is 7.23. The number of carbonyl (C=O) groups excluding carboxylic acids is 1. The van der Waals surface area contributed by atoms with Gasteiger partial charge in [0.05, 0.1) is 0 Å². The maximum atomic E-state index is 11.1. The van der Waals surface area contributed by atoms with E-state index < -0.39 is 5.91 Å². The number of amides is 1. The molecular weight excluding hydrogens is 180 g/mol. The highest BCUT2D eigenvalue weighted by molar-refractivity contribution is 5.97. The lowest BCUT2D eigenvalue weighted by atomic mass is 10.1. The largest absolute Gasteiger partial charge is 0.351 e. The normalized spacial score (nSPS) is 10.4. The summed E-state index contributed by atoms with van der Waals surface area (Å²) in [6.07, 6.45) is 1.92. The molecule has 0 atom stereocenters. The summed E-state index contributed by atoms with van der Waals surface area (Å²) in [5, 5.41) is 9.55. The van der Waals surface area contributed by atoms with Crippen LogP contribution in [0.4, 0.5) is 0 Å². The minimum absolute atomic E-state index is 0. The van der Waals surface area contributed by atoms with Crippen molar-refractivity contribution in [3.8, 4) is 0 Å². The zero-order chi connectivity index (χ0) is 10.1. The summed E-state index contributed by atoms with van der Waals surface area (Å²) in [4.78, 5) is 11.1. The van der Waals surface area contributed by atoms with Crippen molar-refractivity contribution in [3.63, 3.8) is 0 Å². The predicted octanol–water partition coefficient (Wildman–Crippen LogP) is 1.79. The van der Waals surface area contributed by atoms with Crippen molar-refractivity contribution in [1.82, 2.24) is 10.0 Å². The number of benzene rings is 1. The van der Waals surface area contributed by atoms with E-state index in [4.69, 9.17) is 5.21 Å². The maximum absolute atomic E-state index is 11.1. The summed E-state index contributed by atoms with van der Waals surface area (Å²) in [5.41, 5.74) is 3.02. The second-order valence-corrected chi connectivity index (χ2v) is 3.14. The van der Waals surface area contributed by atoms with Gasteiger partial charge in [0.1, 0.15) is 0 Å². The van der Waals surface area contributed by atoms with Gasteiger partial charge >= 0.3 is 0 Å². The highest BCUT2D eigenvalue weighted by Crippen LogP contribution is 2.16. The second kappa shape index (κ2) is 3.16. The van der Waals surface area contributed by atoms with Crippen molar-refractivity contribution < 1.29 is 12.9 Å². The molecule has 1 aromatic heterocycles. The Morgan fingerprint density at radius 2 is 2.29 bits per heavy atom. The Kier molecular flexibility index (Phi) is 1.98. The molecule has 0 aliphatic carbocycles. The van der Waals surface area contributed by atoms with E-state index in [2.05, 4.69) is 0 Å². The van der Waals surface area contributed by atoms with Crippen molar-refractivity contribution in [1.29, 1.82) is 0 Å². The molecule has 4 heteroatoms. The van der Waals surface area contributed by atoms with Crippen molar-refractivity contribution in [2.45, 2.75) is 0 Å². The van der Waals surface area contributed by atoms with Gasteiger partial charge in [-0.3, -0.25) is 10.0 Å². The van der Waals surface area contributed by atoms with Gasteiger partial charge in [-0.15, -0.1) is 0 Å². The van der Waals surface area contributed by atoms with Crippen molar-refractivity contribution >= 4 is 16.8 Å². The molecule has 0 radical (unpaired) electrons. The fourth-order valence-corrected chi connectivity index (χ4v) is 1.47. The molecule has 0 unspecified atom stereocenters. The number of hydroxylamine groups is 1. The molecule has 0 bridgehead atoms. The van der Waals surface area contributed by atoms with E-state index in [9.17, 15) is 4.79 Å². The third-order valence-corrected chi connectivity index (χ3v) is 2.25. The molecule has 4 nitrogen and oxygen atoms in total. The van der Waals surface area contributed by atoms with Gasteiger partial charge in [0, 0.05) is 27.2 Å². The van der Waals surface area contributed by atoms with Gasteiger partial charge in [-0.25, -0.2) is 5.48 Å². The molecule has 0 aliphatic heterocycles. The molecular formula is C10H14N2O2. The first-order valence-corrected chi connectivity index (χ1v) is 4.22. The first kappa shape index (κ1) is 8.77. The van der Waals surface area contributed by atoms with E-state index in [0.29, 0.717) is 5.56 Å². The predicted molar refractivity (Wildman–Crippen MR) is 56.4 cm³/mol. The molecule has 2 aromatic rings. The molecule has 76 valence electrons. The Balaban J connectivity index is 0.00000112. The lowest BCUT2D eigenvalue weighted by molar-refractivity contribution is 0.0706. The average molecular weight is 194 g/mol. The molecule has 2 rings (SSSR count). The van der Waals surface area contributed by atoms with Crippen LogP contribution in [0.1, 0.15) is 13.2 Å². The second-order valence-electron chi connectivity index (χ2n) is 3.14. The smallest absolute Gasteiger partial charge is 0.274 e. The van der Waals surface area contributed by atoms with Gasteiger partial charge in [0.25, 0.3) is 5.91 Å². The standard InChI is InChI=1S/C10H10N2O2.2H2/c1-12-5-4-7-2-3-8(6-9(7)12)10(13)11-14;;/h2-6,14H,1H3,(H,11,13);2*1H. The van der Waals surface area contributed by atoms with E-state index in [1.54, 1.807) is 17.6 Å². The van der Waals surface area contributed by atoms with Crippen LogP contribution in [-0.2, 0) is 7.05 Å². The number of nitrogens with one attached hydrogen (secondary N) is 1. The summed E-state index contributed by atoms with van der Waals surface area (Å²) in [7, 11) is 1.91. The van der Waals surface area contributed by atoms with Crippen LogP contribution < -0.4 is 5.48 Å². The number of carbonyl (C=O) groups is 1. The van der Waals surface area contributed by atoms with Crippen LogP contribution in [-0.4, -0.2) is 15.7 Å². The van der Waals surface area contributed by atoms with Crippen LogP contribution in [0.2, 0.25) is 0 Å². The third-order valence-electron chi connectivity index (χ3n) is 2.25. The van der Waals surface area contributed by atoms with E-state index in [0.717, 1.165) is 10.9 Å². The third kappa shape index (κ3) is 1.25. The molecule has 0 saturated heterocycles. The first-order chi connectivity index (χ1) is 6.72.